The number of carbonyl (C=O) groups excluding carboxylic acids is 2. The predicted molar refractivity (Wildman–Crippen MR) is 89.6 cm³/mol. The highest BCUT2D eigenvalue weighted by molar-refractivity contribution is 8.26. The Morgan fingerprint density at radius 2 is 2.04 bits per heavy atom. The number of hydrogen-bond donors (Lipinski definition) is 0. The molecule has 1 heterocycles. The van der Waals surface area contributed by atoms with Crippen LogP contribution in [0.4, 0.5) is 5.69 Å². The quantitative estimate of drug-likeness (QED) is 0.270. The number of benzene rings is 1. The van der Waals surface area contributed by atoms with Crippen molar-refractivity contribution in [2.24, 2.45) is 0 Å². The highest BCUT2D eigenvalue weighted by Gasteiger charge is 2.38. The molecule has 2 rings (SSSR count). The summed E-state index contributed by atoms with van der Waals surface area (Å²) in [6.45, 7) is 1.53. The van der Waals surface area contributed by atoms with E-state index in [0.717, 1.165) is 11.8 Å². The van der Waals surface area contributed by atoms with Gasteiger partial charge in [-0.2, -0.15) is 0 Å². The first-order chi connectivity index (χ1) is 10.8. The predicted octanol–water partition coefficient (Wildman–Crippen LogP) is 2.36. The van der Waals surface area contributed by atoms with Crippen LogP contribution in [0, 0.1) is 10.1 Å². The first kappa shape index (κ1) is 17.1. The molecular weight excluding hydrogens is 340 g/mol. The zero-order valence-corrected chi connectivity index (χ0v) is 13.8. The Hall–Kier alpha value is -2.26. The van der Waals surface area contributed by atoms with Crippen molar-refractivity contribution in [3.63, 3.8) is 0 Å². The summed E-state index contributed by atoms with van der Waals surface area (Å²) in [5, 5.41) is 10.6. The van der Waals surface area contributed by atoms with Gasteiger partial charge in [-0.3, -0.25) is 19.8 Å². The molecule has 0 radical (unpaired) electrons. The van der Waals surface area contributed by atoms with Gasteiger partial charge in [-0.15, -0.1) is 0 Å². The fourth-order valence-electron chi connectivity index (χ4n) is 1.93. The summed E-state index contributed by atoms with van der Waals surface area (Å²) < 4.78 is 4.89. The molecule has 1 aliphatic rings. The number of hydrogen-bond acceptors (Lipinski definition) is 7. The molecule has 0 spiro atoms. The van der Waals surface area contributed by atoms with Crippen LogP contribution in [-0.4, -0.2) is 39.2 Å². The molecule has 0 bridgehead atoms. The van der Waals surface area contributed by atoms with E-state index in [1.807, 2.05) is 0 Å². The second kappa shape index (κ2) is 6.88. The number of ether oxygens (including phenoxy) is 1. The number of thiocarbonyl (C=S) groups is 1. The van der Waals surface area contributed by atoms with Gasteiger partial charge in [0.1, 0.15) is 10.4 Å². The van der Waals surface area contributed by atoms with Gasteiger partial charge in [0.25, 0.3) is 11.6 Å². The SMILES string of the molecule is COC(=O)[C@@H](C)N1C(=O)/C(=C/c2ccc([N+](=O)[O-])cc2)SC1=S. The van der Waals surface area contributed by atoms with E-state index >= 15 is 0 Å². The summed E-state index contributed by atoms with van der Waals surface area (Å²) in [4.78, 5) is 35.7. The van der Waals surface area contributed by atoms with E-state index in [1.54, 1.807) is 6.08 Å². The molecule has 1 aromatic carbocycles. The molecule has 1 amide bonds. The van der Waals surface area contributed by atoms with Crippen molar-refractivity contribution >= 4 is 51.9 Å². The van der Waals surface area contributed by atoms with Crippen molar-refractivity contribution in [3.8, 4) is 0 Å². The molecule has 1 aromatic rings. The van der Waals surface area contributed by atoms with Gasteiger partial charge in [-0.05, 0) is 30.7 Å². The molecule has 1 saturated heterocycles. The van der Waals surface area contributed by atoms with Crippen molar-refractivity contribution in [3.05, 3.63) is 44.8 Å². The smallest absolute Gasteiger partial charge is 0.328 e. The Morgan fingerprint density at radius 1 is 1.43 bits per heavy atom. The van der Waals surface area contributed by atoms with Crippen LogP contribution in [-0.2, 0) is 14.3 Å². The molecule has 0 saturated carbocycles. The summed E-state index contributed by atoms with van der Waals surface area (Å²) in [6, 6.07) is 4.96. The minimum Gasteiger partial charge on any atom is -0.467 e. The molecule has 7 nitrogen and oxygen atoms in total. The van der Waals surface area contributed by atoms with Crippen LogP contribution in [0.15, 0.2) is 29.2 Å². The lowest BCUT2D eigenvalue weighted by molar-refractivity contribution is -0.384. The maximum absolute atomic E-state index is 12.4. The second-order valence-corrected chi connectivity index (χ2v) is 6.28. The van der Waals surface area contributed by atoms with Gasteiger partial charge in [0.2, 0.25) is 0 Å². The van der Waals surface area contributed by atoms with E-state index in [2.05, 4.69) is 4.74 Å². The number of methoxy groups -OCH3 is 1. The van der Waals surface area contributed by atoms with Crippen LogP contribution >= 0.6 is 24.0 Å². The lowest BCUT2D eigenvalue weighted by atomic mass is 10.2. The molecule has 120 valence electrons. The van der Waals surface area contributed by atoms with Crippen LogP contribution in [0.5, 0.6) is 0 Å². The Morgan fingerprint density at radius 3 is 2.57 bits per heavy atom. The number of nitro groups is 1. The number of thioether (sulfide) groups is 1. The average molecular weight is 352 g/mol. The zero-order valence-electron chi connectivity index (χ0n) is 12.2. The van der Waals surface area contributed by atoms with Crippen molar-refractivity contribution in [2.45, 2.75) is 13.0 Å². The third kappa shape index (κ3) is 3.57. The Bertz CT molecular complexity index is 714. The molecule has 0 aromatic heterocycles. The largest absolute Gasteiger partial charge is 0.467 e. The Labute approximate surface area is 141 Å². The first-order valence-electron chi connectivity index (χ1n) is 6.44. The lowest BCUT2D eigenvalue weighted by Crippen LogP contribution is -2.42. The van der Waals surface area contributed by atoms with Gasteiger partial charge < -0.3 is 4.74 Å². The van der Waals surface area contributed by atoms with E-state index in [0.29, 0.717) is 10.5 Å². The number of esters is 1. The van der Waals surface area contributed by atoms with Crippen molar-refractivity contribution in [1.29, 1.82) is 0 Å². The van der Waals surface area contributed by atoms with Gasteiger partial charge in [-0.25, -0.2) is 4.79 Å². The number of nitrogens with zero attached hydrogens (tertiary/aromatic N) is 2. The topological polar surface area (TPSA) is 89.8 Å². The highest BCUT2D eigenvalue weighted by Crippen LogP contribution is 2.34. The Kier molecular flexibility index (Phi) is 5.12. The van der Waals surface area contributed by atoms with Crippen LogP contribution in [0.1, 0.15) is 12.5 Å². The average Bonchev–Trinajstić information content (AvgIpc) is 2.80. The second-order valence-electron chi connectivity index (χ2n) is 4.60. The molecular formula is C14H12N2O5S2. The fraction of sp³-hybridized carbons (Fsp3) is 0.214. The van der Waals surface area contributed by atoms with E-state index in [4.69, 9.17) is 12.2 Å². The number of non-ortho nitro benzene ring substituents is 1. The van der Waals surface area contributed by atoms with Crippen molar-refractivity contribution < 1.29 is 19.2 Å². The van der Waals surface area contributed by atoms with Gasteiger partial charge in [-0.1, -0.05) is 24.0 Å². The number of rotatable bonds is 4. The van der Waals surface area contributed by atoms with E-state index in [-0.39, 0.29) is 10.0 Å². The summed E-state index contributed by atoms with van der Waals surface area (Å²) in [5.74, 6) is -0.950. The minimum absolute atomic E-state index is 0.0333. The number of carbonyl (C=O) groups is 2. The molecule has 1 fully saturated rings. The molecule has 9 heteroatoms. The monoisotopic (exact) mass is 352 g/mol. The summed E-state index contributed by atoms with van der Waals surface area (Å²) in [7, 11) is 1.24. The van der Waals surface area contributed by atoms with Crippen molar-refractivity contribution in [2.75, 3.05) is 7.11 Å². The van der Waals surface area contributed by atoms with Gasteiger partial charge in [0, 0.05) is 12.1 Å². The van der Waals surface area contributed by atoms with E-state index in [1.165, 1.54) is 43.2 Å². The van der Waals surface area contributed by atoms with E-state index < -0.39 is 22.8 Å². The van der Waals surface area contributed by atoms with Crippen LogP contribution in [0.3, 0.4) is 0 Å². The van der Waals surface area contributed by atoms with Gasteiger partial charge in [0.15, 0.2) is 0 Å². The van der Waals surface area contributed by atoms with Crippen LogP contribution in [0.25, 0.3) is 6.08 Å². The normalized spacial score (nSPS) is 17.5. The maximum Gasteiger partial charge on any atom is 0.328 e. The van der Waals surface area contributed by atoms with Gasteiger partial charge in [0.05, 0.1) is 16.9 Å². The fourth-order valence-corrected chi connectivity index (χ4v) is 3.35. The lowest BCUT2D eigenvalue weighted by Gasteiger charge is -2.20. The molecule has 0 N–H and O–H groups in total. The molecule has 1 atom stereocenters. The number of nitro benzene ring substituents is 1. The summed E-state index contributed by atoms with van der Waals surface area (Å²) in [5.41, 5.74) is 0.593. The van der Waals surface area contributed by atoms with Gasteiger partial charge >= 0.3 is 5.97 Å². The molecule has 0 unspecified atom stereocenters. The standard InChI is InChI=1S/C14H12N2O5S2/c1-8(13(18)21-2)15-12(17)11(23-14(15)22)7-9-3-5-10(6-4-9)16(19)20/h3-8H,1-2H3/b11-7-/t8-/m1/s1. The third-order valence-corrected chi connectivity index (χ3v) is 4.49. The minimum atomic E-state index is -0.810. The molecule has 1 aliphatic heterocycles. The van der Waals surface area contributed by atoms with Crippen LogP contribution < -0.4 is 0 Å². The Balaban J connectivity index is 2.24. The van der Waals surface area contributed by atoms with Crippen LogP contribution in [0.2, 0.25) is 0 Å². The first-order valence-corrected chi connectivity index (χ1v) is 7.67. The highest BCUT2D eigenvalue weighted by atomic mass is 32.2. The van der Waals surface area contributed by atoms with E-state index in [9.17, 15) is 19.7 Å². The zero-order chi connectivity index (χ0) is 17.1. The molecule has 0 aliphatic carbocycles. The maximum atomic E-state index is 12.4. The molecule has 23 heavy (non-hydrogen) atoms. The van der Waals surface area contributed by atoms with Crippen molar-refractivity contribution in [1.82, 2.24) is 4.90 Å². The third-order valence-electron chi connectivity index (χ3n) is 3.15. The summed E-state index contributed by atoms with van der Waals surface area (Å²) in [6.07, 6.45) is 1.58. The number of amides is 1. The summed E-state index contributed by atoms with van der Waals surface area (Å²) >= 11 is 6.21.